The Hall–Kier alpha value is -1.29. The summed E-state index contributed by atoms with van der Waals surface area (Å²) in [6.07, 6.45) is 0.489. The molecule has 4 heteroatoms. The van der Waals surface area contributed by atoms with Crippen molar-refractivity contribution in [3.63, 3.8) is 0 Å². The largest absolute Gasteiger partial charge is 0.459 e. The number of aliphatic hydroxyl groups excluding tert-OH is 1. The van der Waals surface area contributed by atoms with E-state index in [4.69, 9.17) is 26.9 Å². The highest BCUT2D eigenvalue weighted by molar-refractivity contribution is 6.30. The third-order valence-electron chi connectivity index (χ3n) is 2.54. The summed E-state index contributed by atoms with van der Waals surface area (Å²) < 4.78 is 5.64. The highest BCUT2D eigenvalue weighted by atomic mass is 35.5. The Bertz CT molecular complexity index is 496. The summed E-state index contributed by atoms with van der Waals surface area (Å²) in [5, 5.41) is 9.49. The van der Waals surface area contributed by atoms with E-state index in [2.05, 4.69) is 0 Å². The summed E-state index contributed by atoms with van der Waals surface area (Å²) in [7, 11) is 0. The third-order valence-corrected chi connectivity index (χ3v) is 2.78. The van der Waals surface area contributed by atoms with E-state index in [1.165, 1.54) is 0 Å². The average molecular weight is 252 g/mol. The van der Waals surface area contributed by atoms with Crippen LogP contribution in [-0.2, 0) is 0 Å². The van der Waals surface area contributed by atoms with E-state index in [0.29, 0.717) is 17.2 Å². The Kier molecular flexibility index (Phi) is 3.84. The number of aliphatic hydroxyl groups is 1. The summed E-state index contributed by atoms with van der Waals surface area (Å²) in [6, 6.07) is 10.9. The molecule has 1 aromatic carbocycles. The normalized spacial score (nSPS) is 12.6. The van der Waals surface area contributed by atoms with E-state index in [9.17, 15) is 0 Å². The van der Waals surface area contributed by atoms with E-state index in [1.54, 1.807) is 0 Å². The molecule has 2 aromatic rings. The quantitative estimate of drug-likeness (QED) is 0.878. The van der Waals surface area contributed by atoms with Crippen molar-refractivity contribution >= 4 is 11.6 Å². The molecule has 0 saturated carbocycles. The van der Waals surface area contributed by atoms with Crippen LogP contribution < -0.4 is 5.73 Å². The fourth-order valence-corrected chi connectivity index (χ4v) is 1.82. The van der Waals surface area contributed by atoms with Gasteiger partial charge in [0.1, 0.15) is 11.5 Å². The highest BCUT2D eigenvalue weighted by Crippen LogP contribution is 2.27. The first-order chi connectivity index (χ1) is 8.20. The Balaban J connectivity index is 2.23. The average Bonchev–Trinajstić information content (AvgIpc) is 2.78. The molecule has 3 nitrogen and oxygen atoms in total. The van der Waals surface area contributed by atoms with Crippen LogP contribution in [-0.4, -0.2) is 11.7 Å². The highest BCUT2D eigenvalue weighted by Gasteiger charge is 2.11. The lowest BCUT2D eigenvalue weighted by Crippen LogP contribution is -2.10. The lowest BCUT2D eigenvalue weighted by molar-refractivity contribution is 0.269. The topological polar surface area (TPSA) is 59.4 Å². The second kappa shape index (κ2) is 5.36. The Morgan fingerprint density at radius 2 is 2.12 bits per heavy atom. The first-order valence-electron chi connectivity index (χ1n) is 5.43. The standard InChI is InChI=1S/C13H14ClNO2/c14-10-3-1-2-9(8-10)12-4-5-13(17-12)11(15)6-7-16/h1-5,8,11,16H,6-7,15H2. The van der Waals surface area contributed by atoms with Gasteiger partial charge in [-0.25, -0.2) is 0 Å². The first kappa shape index (κ1) is 12.2. The van der Waals surface area contributed by atoms with Crippen molar-refractivity contribution in [3.8, 4) is 11.3 Å². The molecule has 0 aliphatic heterocycles. The summed E-state index contributed by atoms with van der Waals surface area (Å²) in [5.41, 5.74) is 6.76. The summed E-state index contributed by atoms with van der Waals surface area (Å²) >= 11 is 5.91. The molecule has 3 N–H and O–H groups in total. The van der Waals surface area contributed by atoms with Gasteiger partial charge in [0.25, 0.3) is 0 Å². The van der Waals surface area contributed by atoms with E-state index >= 15 is 0 Å². The van der Waals surface area contributed by atoms with Gasteiger partial charge in [0.05, 0.1) is 6.04 Å². The molecular formula is C13H14ClNO2. The number of rotatable bonds is 4. The Labute approximate surface area is 105 Å². The van der Waals surface area contributed by atoms with Crippen LogP contribution in [0.2, 0.25) is 5.02 Å². The van der Waals surface area contributed by atoms with Crippen LogP contribution in [0.3, 0.4) is 0 Å². The molecule has 0 fully saturated rings. The van der Waals surface area contributed by atoms with Gasteiger partial charge in [-0.2, -0.15) is 0 Å². The number of nitrogens with two attached hydrogens (primary N) is 1. The van der Waals surface area contributed by atoms with Crippen molar-refractivity contribution in [2.45, 2.75) is 12.5 Å². The van der Waals surface area contributed by atoms with Gasteiger partial charge in [-0.15, -0.1) is 0 Å². The van der Waals surface area contributed by atoms with Gasteiger partial charge in [0.2, 0.25) is 0 Å². The van der Waals surface area contributed by atoms with Crippen LogP contribution in [0.25, 0.3) is 11.3 Å². The van der Waals surface area contributed by atoms with Crippen molar-refractivity contribution in [1.82, 2.24) is 0 Å². The van der Waals surface area contributed by atoms with Gasteiger partial charge in [-0.1, -0.05) is 23.7 Å². The lowest BCUT2D eigenvalue weighted by Gasteiger charge is -2.05. The monoisotopic (exact) mass is 251 g/mol. The van der Waals surface area contributed by atoms with Gasteiger partial charge in [0, 0.05) is 17.2 Å². The second-order valence-corrected chi connectivity index (χ2v) is 4.27. The van der Waals surface area contributed by atoms with E-state index in [-0.39, 0.29) is 12.6 Å². The molecule has 0 spiro atoms. The van der Waals surface area contributed by atoms with Gasteiger partial charge in [0.15, 0.2) is 0 Å². The van der Waals surface area contributed by atoms with Crippen LogP contribution in [0.1, 0.15) is 18.2 Å². The molecule has 17 heavy (non-hydrogen) atoms. The fraction of sp³-hybridized carbons (Fsp3) is 0.231. The van der Waals surface area contributed by atoms with Crippen LogP contribution in [0, 0.1) is 0 Å². The molecule has 0 bridgehead atoms. The molecule has 0 aliphatic carbocycles. The SMILES string of the molecule is NC(CCO)c1ccc(-c2cccc(Cl)c2)o1. The molecule has 1 heterocycles. The minimum atomic E-state index is -0.270. The smallest absolute Gasteiger partial charge is 0.134 e. The number of furan rings is 1. The summed E-state index contributed by atoms with van der Waals surface area (Å²) in [6.45, 7) is 0.0500. The van der Waals surface area contributed by atoms with Crippen LogP contribution >= 0.6 is 11.6 Å². The maximum atomic E-state index is 8.82. The zero-order valence-corrected chi connectivity index (χ0v) is 10.0. The Morgan fingerprint density at radius 3 is 2.82 bits per heavy atom. The minimum absolute atomic E-state index is 0.0500. The number of hydrogen-bond donors (Lipinski definition) is 2. The Morgan fingerprint density at radius 1 is 1.29 bits per heavy atom. The molecule has 90 valence electrons. The zero-order valence-electron chi connectivity index (χ0n) is 9.27. The summed E-state index contributed by atoms with van der Waals surface area (Å²) in [4.78, 5) is 0. The van der Waals surface area contributed by atoms with Crippen molar-refractivity contribution in [2.75, 3.05) is 6.61 Å². The molecular weight excluding hydrogens is 238 g/mol. The van der Waals surface area contributed by atoms with Gasteiger partial charge >= 0.3 is 0 Å². The minimum Gasteiger partial charge on any atom is -0.459 e. The first-order valence-corrected chi connectivity index (χ1v) is 5.80. The van der Waals surface area contributed by atoms with Crippen molar-refractivity contribution in [3.05, 3.63) is 47.2 Å². The van der Waals surface area contributed by atoms with E-state index in [0.717, 1.165) is 11.3 Å². The van der Waals surface area contributed by atoms with Crippen LogP contribution in [0.4, 0.5) is 0 Å². The molecule has 2 rings (SSSR count). The molecule has 1 aromatic heterocycles. The third kappa shape index (κ3) is 2.88. The molecule has 0 radical (unpaired) electrons. The fourth-order valence-electron chi connectivity index (χ4n) is 1.63. The molecule has 1 atom stereocenters. The molecule has 0 saturated heterocycles. The molecule has 0 amide bonds. The molecule has 0 aliphatic rings. The predicted octanol–water partition coefficient (Wildman–Crippen LogP) is 2.98. The van der Waals surface area contributed by atoms with Crippen molar-refractivity contribution in [2.24, 2.45) is 5.73 Å². The maximum Gasteiger partial charge on any atom is 0.134 e. The predicted molar refractivity (Wildman–Crippen MR) is 67.8 cm³/mol. The lowest BCUT2D eigenvalue weighted by atomic mass is 10.1. The van der Waals surface area contributed by atoms with Crippen molar-refractivity contribution < 1.29 is 9.52 Å². The zero-order chi connectivity index (χ0) is 12.3. The van der Waals surface area contributed by atoms with Crippen molar-refractivity contribution in [1.29, 1.82) is 0 Å². The van der Waals surface area contributed by atoms with Crippen LogP contribution in [0.5, 0.6) is 0 Å². The number of halogens is 1. The molecule has 1 unspecified atom stereocenters. The van der Waals surface area contributed by atoms with Gasteiger partial charge < -0.3 is 15.3 Å². The van der Waals surface area contributed by atoms with Gasteiger partial charge in [-0.05, 0) is 30.7 Å². The second-order valence-electron chi connectivity index (χ2n) is 3.83. The van der Waals surface area contributed by atoms with E-state index in [1.807, 2.05) is 36.4 Å². The van der Waals surface area contributed by atoms with Crippen LogP contribution in [0.15, 0.2) is 40.8 Å². The van der Waals surface area contributed by atoms with Gasteiger partial charge in [-0.3, -0.25) is 0 Å². The summed E-state index contributed by atoms with van der Waals surface area (Å²) in [5.74, 6) is 1.41. The number of benzene rings is 1. The van der Waals surface area contributed by atoms with E-state index < -0.39 is 0 Å². The maximum absolute atomic E-state index is 8.82. The number of hydrogen-bond acceptors (Lipinski definition) is 3.